The van der Waals surface area contributed by atoms with Crippen LogP contribution in [0.25, 0.3) is 0 Å². The molecular weight excluding hydrogens is 368 g/mol. The van der Waals surface area contributed by atoms with Gasteiger partial charge in [-0.05, 0) is 26.1 Å². The molecule has 1 saturated heterocycles. The van der Waals surface area contributed by atoms with E-state index in [9.17, 15) is 18.0 Å². The molecule has 1 aromatic rings. The van der Waals surface area contributed by atoms with E-state index in [-0.39, 0.29) is 42.6 Å². The van der Waals surface area contributed by atoms with Gasteiger partial charge in [0.2, 0.25) is 21.8 Å². The summed E-state index contributed by atoms with van der Waals surface area (Å²) in [6.07, 6.45) is 0.278. The summed E-state index contributed by atoms with van der Waals surface area (Å²) in [5.74, 6) is -0.273. The number of sulfonamides is 1. The number of piperazine rings is 1. The molecule has 0 unspecified atom stereocenters. The van der Waals surface area contributed by atoms with E-state index < -0.39 is 10.0 Å². The molecule has 0 radical (unpaired) electrons. The third-order valence-corrected chi connectivity index (χ3v) is 6.43. The molecule has 2 rings (SSSR count). The maximum atomic E-state index is 12.7. The zero-order valence-corrected chi connectivity index (χ0v) is 16.7. The highest BCUT2D eigenvalue weighted by Crippen LogP contribution is 2.18. The smallest absolute Gasteiger partial charge is 0.243 e. The molecule has 0 atom stereocenters. The normalized spacial score (nSPS) is 15.6. The van der Waals surface area contributed by atoms with Crippen molar-refractivity contribution in [3.8, 4) is 0 Å². The number of aryl methyl sites for hydroxylation is 1. The van der Waals surface area contributed by atoms with Crippen LogP contribution < -0.4 is 10.6 Å². The van der Waals surface area contributed by atoms with Gasteiger partial charge in [-0.1, -0.05) is 17.7 Å². The number of carbonyl (C=O) groups is 2. The lowest BCUT2D eigenvalue weighted by atomic mass is 10.2. The van der Waals surface area contributed by atoms with Crippen molar-refractivity contribution < 1.29 is 18.0 Å². The van der Waals surface area contributed by atoms with Gasteiger partial charge in [-0.15, -0.1) is 0 Å². The first-order chi connectivity index (χ1) is 12.8. The van der Waals surface area contributed by atoms with E-state index >= 15 is 0 Å². The van der Waals surface area contributed by atoms with Gasteiger partial charge in [0.05, 0.1) is 4.90 Å². The van der Waals surface area contributed by atoms with Gasteiger partial charge in [0, 0.05) is 52.1 Å². The Morgan fingerprint density at radius 2 is 1.63 bits per heavy atom. The largest absolute Gasteiger partial charge is 0.355 e. The van der Waals surface area contributed by atoms with Gasteiger partial charge in [-0.25, -0.2) is 8.42 Å². The van der Waals surface area contributed by atoms with Crippen LogP contribution in [0.5, 0.6) is 0 Å². The van der Waals surface area contributed by atoms with Crippen molar-refractivity contribution in [1.29, 1.82) is 0 Å². The molecule has 1 fully saturated rings. The van der Waals surface area contributed by atoms with Crippen molar-refractivity contribution in [1.82, 2.24) is 19.8 Å². The number of hydrogen-bond acceptors (Lipinski definition) is 5. The highest BCUT2D eigenvalue weighted by Gasteiger charge is 2.30. The van der Waals surface area contributed by atoms with Crippen LogP contribution in [0.4, 0.5) is 0 Å². The second kappa shape index (κ2) is 9.82. The molecule has 1 aromatic carbocycles. The van der Waals surface area contributed by atoms with Crippen LogP contribution in [0.1, 0.15) is 18.4 Å². The van der Waals surface area contributed by atoms with E-state index in [1.807, 2.05) is 6.92 Å². The number of amides is 2. The number of rotatable bonds is 8. The quantitative estimate of drug-likeness (QED) is 0.600. The fourth-order valence-electron chi connectivity index (χ4n) is 2.83. The summed E-state index contributed by atoms with van der Waals surface area (Å²) in [5.41, 5.74) is 0.999. The van der Waals surface area contributed by atoms with Gasteiger partial charge in [0.15, 0.2) is 0 Å². The minimum absolute atomic E-state index is 0.119. The van der Waals surface area contributed by atoms with Crippen molar-refractivity contribution >= 4 is 21.8 Å². The second-order valence-corrected chi connectivity index (χ2v) is 8.49. The van der Waals surface area contributed by atoms with Crippen LogP contribution in [-0.4, -0.2) is 75.8 Å². The molecular formula is C18H28N4O4S. The van der Waals surface area contributed by atoms with Crippen molar-refractivity contribution in [3.05, 3.63) is 29.8 Å². The lowest BCUT2D eigenvalue weighted by molar-refractivity contribution is -0.134. The molecule has 8 nitrogen and oxygen atoms in total. The molecule has 9 heteroatoms. The lowest BCUT2D eigenvalue weighted by Crippen LogP contribution is -2.50. The van der Waals surface area contributed by atoms with Crippen LogP contribution in [0.2, 0.25) is 0 Å². The average molecular weight is 397 g/mol. The molecule has 2 N–H and O–H groups in total. The van der Waals surface area contributed by atoms with Crippen LogP contribution in [-0.2, 0) is 19.6 Å². The Morgan fingerprint density at radius 1 is 1.00 bits per heavy atom. The number of hydrogen-bond donors (Lipinski definition) is 2. The lowest BCUT2D eigenvalue weighted by Gasteiger charge is -2.34. The van der Waals surface area contributed by atoms with Crippen LogP contribution in [0, 0.1) is 6.92 Å². The Kier molecular flexibility index (Phi) is 7.76. The highest BCUT2D eigenvalue weighted by atomic mass is 32.2. The number of nitrogens with zero attached hydrogens (tertiary/aromatic N) is 2. The molecule has 0 spiro atoms. The molecule has 0 aromatic heterocycles. The van der Waals surface area contributed by atoms with E-state index in [0.29, 0.717) is 26.2 Å². The maximum absolute atomic E-state index is 12.7. The topological polar surface area (TPSA) is 98.8 Å². The first-order valence-electron chi connectivity index (χ1n) is 9.10. The zero-order valence-electron chi connectivity index (χ0n) is 15.9. The first kappa shape index (κ1) is 21.3. The monoisotopic (exact) mass is 396 g/mol. The van der Waals surface area contributed by atoms with Crippen molar-refractivity contribution in [2.45, 2.75) is 24.7 Å². The predicted molar refractivity (Wildman–Crippen MR) is 103 cm³/mol. The Hall–Kier alpha value is -1.97. The Morgan fingerprint density at radius 3 is 2.22 bits per heavy atom. The minimum atomic E-state index is -3.54. The van der Waals surface area contributed by atoms with Gasteiger partial charge in [0.25, 0.3) is 0 Å². The SMILES string of the molecule is CNCCNC(=O)CCC(=O)N1CCN(S(=O)(=O)c2ccc(C)cc2)CC1. The van der Waals surface area contributed by atoms with Crippen LogP contribution >= 0.6 is 0 Å². The van der Waals surface area contributed by atoms with E-state index in [2.05, 4.69) is 10.6 Å². The maximum Gasteiger partial charge on any atom is 0.243 e. The third-order valence-electron chi connectivity index (χ3n) is 4.51. The van der Waals surface area contributed by atoms with Crippen molar-refractivity contribution in [2.75, 3.05) is 46.3 Å². The summed E-state index contributed by atoms with van der Waals surface area (Å²) >= 11 is 0. The first-order valence-corrected chi connectivity index (χ1v) is 10.5. The zero-order chi connectivity index (χ0) is 19.9. The minimum Gasteiger partial charge on any atom is -0.355 e. The number of carbonyl (C=O) groups excluding carboxylic acids is 2. The highest BCUT2D eigenvalue weighted by molar-refractivity contribution is 7.89. The molecule has 27 heavy (non-hydrogen) atoms. The van der Waals surface area contributed by atoms with E-state index in [4.69, 9.17) is 0 Å². The molecule has 1 aliphatic heterocycles. The van der Waals surface area contributed by atoms with Gasteiger partial charge in [0.1, 0.15) is 0 Å². The molecule has 1 heterocycles. The number of likely N-dealkylation sites (N-methyl/N-ethyl adjacent to an activating group) is 1. The summed E-state index contributed by atoms with van der Waals surface area (Å²) < 4.78 is 26.8. The average Bonchev–Trinajstić information content (AvgIpc) is 2.67. The Labute approximate surface area is 161 Å². The van der Waals surface area contributed by atoms with E-state index in [1.165, 1.54) is 4.31 Å². The molecule has 1 aliphatic rings. The predicted octanol–water partition coefficient (Wildman–Crippen LogP) is -0.0563. The van der Waals surface area contributed by atoms with Gasteiger partial charge in [-0.2, -0.15) is 4.31 Å². The standard InChI is InChI=1S/C18H28N4O4S/c1-15-3-5-16(6-4-15)27(25,26)22-13-11-21(12-14-22)18(24)8-7-17(23)20-10-9-19-2/h3-6,19H,7-14H2,1-2H3,(H,20,23). The van der Waals surface area contributed by atoms with Gasteiger partial charge in [-0.3, -0.25) is 9.59 Å². The third kappa shape index (κ3) is 6.02. The Balaban J connectivity index is 1.81. The summed E-state index contributed by atoms with van der Waals surface area (Å²) in [5, 5.41) is 5.66. The molecule has 150 valence electrons. The van der Waals surface area contributed by atoms with E-state index in [1.54, 1.807) is 36.2 Å². The fraction of sp³-hybridized carbons (Fsp3) is 0.556. The molecule has 0 aliphatic carbocycles. The summed E-state index contributed by atoms with van der Waals surface area (Å²) in [6, 6.07) is 6.76. The summed E-state index contributed by atoms with van der Waals surface area (Å²) in [4.78, 5) is 25.8. The summed E-state index contributed by atoms with van der Waals surface area (Å²) in [6.45, 7) is 4.31. The molecule has 0 saturated carbocycles. The van der Waals surface area contributed by atoms with Crippen LogP contribution in [0.3, 0.4) is 0 Å². The number of nitrogens with one attached hydrogen (secondary N) is 2. The molecule has 2 amide bonds. The summed E-state index contributed by atoms with van der Waals surface area (Å²) in [7, 11) is -1.74. The van der Waals surface area contributed by atoms with Crippen LogP contribution in [0.15, 0.2) is 29.2 Å². The van der Waals surface area contributed by atoms with Gasteiger partial charge < -0.3 is 15.5 Å². The fourth-order valence-corrected chi connectivity index (χ4v) is 4.25. The molecule has 0 bridgehead atoms. The van der Waals surface area contributed by atoms with Crippen molar-refractivity contribution in [2.24, 2.45) is 0 Å². The van der Waals surface area contributed by atoms with E-state index in [0.717, 1.165) is 5.56 Å². The second-order valence-electron chi connectivity index (χ2n) is 6.55. The van der Waals surface area contributed by atoms with Gasteiger partial charge >= 0.3 is 0 Å². The number of benzene rings is 1. The Bertz CT molecular complexity index is 741. The van der Waals surface area contributed by atoms with Crippen molar-refractivity contribution in [3.63, 3.8) is 0 Å².